The Hall–Kier alpha value is -0.130. The third-order valence-electron chi connectivity index (χ3n) is 3.72. The van der Waals surface area contributed by atoms with Crippen LogP contribution in [0.5, 0.6) is 0 Å². The van der Waals surface area contributed by atoms with Crippen LogP contribution in [-0.4, -0.2) is 33.8 Å². The summed E-state index contributed by atoms with van der Waals surface area (Å²) in [5, 5.41) is 3.26. The Morgan fingerprint density at radius 2 is 1.76 bits per heavy atom. The van der Waals surface area contributed by atoms with Gasteiger partial charge in [-0.25, -0.2) is 13.1 Å². The van der Waals surface area contributed by atoms with E-state index in [2.05, 4.69) is 10.0 Å². The monoisotopic (exact) mass is 260 g/mol. The lowest BCUT2D eigenvalue weighted by Gasteiger charge is -2.22. The summed E-state index contributed by atoms with van der Waals surface area (Å²) in [5.74, 6) is 1.55. The van der Waals surface area contributed by atoms with Crippen LogP contribution in [0.15, 0.2) is 0 Å². The van der Waals surface area contributed by atoms with Crippen molar-refractivity contribution in [3.05, 3.63) is 0 Å². The van der Waals surface area contributed by atoms with Crippen LogP contribution in [0.4, 0.5) is 0 Å². The average Bonchev–Trinajstić information content (AvgIpc) is 3.09. The van der Waals surface area contributed by atoms with Crippen molar-refractivity contribution < 1.29 is 8.42 Å². The van der Waals surface area contributed by atoms with Gasteiger partial charge < -0.3 is 5.32 Å². The largest absolute Gasteiger partial charge is 0.317 e. The Balaban J connectivity index is 1.62. The molecule has 1 saturated heterocycles. The van der Waals surface area contributed by atoms with Gasteiger partial charge in [-0.2, -0.15) is 0 Å². The number of hydrogen-bond acceptors (Lipinski definition) is 3. The van der Waals surface area contributed by atoms with Crippen LogP contribution in [0.3, 0.4) is 0 Å². The molecule has 0 spiro atoms. The molecular formula is C12H24N2O2S. The molecule has 0 aromatic rings. The highest BCUT2D eigenvalue weighted by atomic mass is 32.2. The van der Waals surface area contributed by atoms with Gasteiger partial charge in [0.05, 0.1) is 5.75 Å². The Bertz CT molecular complexity index is 319. The molecule has 0 bridgehead atoms. The van der Waals surface area contributed by atoms with Crippen molar-refractivity contribution in [1.29, 1.82) is 0 Å². The summed E-state index contributed by atoms with van der Waals surface area (Å²) in [5.41, 5.74) is 0. The quantitative estimate of drug-likeness (QED) is 0.674. The minimum Gasteiger partial charge on any atom is -0.317 e. The summed E-state index contributed by atoms with van der Waals surface area (Å²) in [6.07, 6.45) is 6.86. The molecule has 1 aliphatic carbocycles. The van der Waals surface area contributed by atoms with E-state index in [4.69, 9.17) is 0 Å². The number of hydrogen-bond donors (Lipinski definition) is 2. The fourth-order valence-corrected chi connectivity index (χ4v) is 3.97. The van der Waals surface area contributed by atoms with Crippen LogP contribution in [0, 0.1) is 11.8 Å². The lowest BCUT2D eigenvalue weighted by molar-refractivity contribution is 0.400. The molecule has 1 saturated carbocycles. The fraction of sp³-hybridized carbons (Fsp3) is 1.00. The average molecular weight is 260 g/mol. The first kappa shape index (κ1) is 13.3. The van der Waals surface area contributed by atoms with Crippen molar-refractivity contribution in [2.45, 2.75) is 38.5 Å². The van der Waals surface area contributed by atoms with Gasteiger partial charge in [0.25, 0.3) is 0 Å². The van der Waals surface area contributed by atoms with Gasteiger partial charge >= 0.3 is 0 Å². The summed E-state index contributed by atoms with van der Waals surface area (Å²) in [4.78, 5) is 0. The van der Waals surface area contributed by atoms with Crippen molar-refractivity contribution in [3.63, 3.8) is 0 Å². The highest BCUT2D eigenvalue weighted by Gasteiger charge is 2.22. The molecule has 2 aliphatic rings. The summed E-state index contributed by atoms with van der Waals surface area (Å²) in [6.45, 7) is 2.55. The molecule has 2 rings (SSSR count). The molecule has 5 heteroatoms. The van der Waals surface area contributed by atoms with E-state index in [9.17, 15) is 8.42 Å². The molecule has 0 aromatic heterocycles. The molecule has 17 heavy (non-hydrogen) atoms. The molecule has 100 valence electrons. The number of nitrogens with one attached hydrogen (secondary N) is 2. The Morgan fingerprint density at radius 1 is 1.06 bits per heavy atom. The van der Waals surface area contributed by atoms with E-state index in [1.807, 2.05) is 0 Å². The first-order valence-corrected chi connectivity index (χ1v) is 8.49. The molecular weight excluding hydrogens is 236 g/mol. The Labute approximate surface area is 105 Å². The van der Waals surface area contributed by atoms with Gasteiger partial charge in [-0.05, 0) is 50.6 Å². The van der Waals surface area contributed by atoms with Crippen LogP contribution in [0.2, 0.25) is 0 Å². The normalized spacial score (nSPS) is 22.8. The van der Waals surface area contributed by atoms with E-state index in [-0.39, 0.29) is 0 Å². The van der Waals surface area contributed by atoms with Gasteiger partial charge in [-0.15, -0.1) is 0 Å². The highest BCUT2D eigenvalue weighted by molar-refractivity contribution is 7.89. The molecule has 1 aliphatic heterocycles. The van der Waals surface area contributed by atoms with E-state index in [1.54, 1.807) is 0 Å². The van der Waals surface area contributed by atoms with Gasteiger partial charge in [-0.1, -0.05) is 12.8 Å². The fourth-order valence-electron chi connectivity index (χ4n) is 2.44. The summed E-state index contributed by atoms with van der Waals surface area (Å²) in [6, 6.07) is 0. The highest BCUT2D eigenvalue weighted by Crippen LogP contribution is 2.33. The van der Waals surface area contributed by atoms with Gasteiger partial charge in [0.15, 0.2) is 0 Å². The first-order chi connectivity index (χ1) is 8.16. The topological polar surface area (TPSA) is 58.2 Å². The van der Waals surface area contributed by atoms with E-state index in [1.165, 1.54) is 19.3 Å². The maximum Gasteiger partial charge on any atom is 0.211 e. The summed E-state index contributed by atoms with van der Waals surface area (Å²) < 4.78 is 26.4. The van der Waals surface area contributed by atoms with Crippen molar-refractivity contribution >= 4 is 10.0 Å². The third-order valence-corrected chi connectivity index (χ3v) is 5.28. The van der Waals surface area contributed by atoms with Crippen molar-refractivity contribution in [2.75, 3.05) is 25.4 Å². The van der Waals surface area contributed by atoms with Crippen molar-refractivity contribution in [2.24, 2.45) is 11.8 Å². The smallest absolute Gasteiger partial charge is 0.211 e. The number of sulfonamides is 1. The molecule has 0 atom stereocenters. The molecule has 0 aromatic carbocycles. The lowest BCUT2D eigenvalue weighted by atomic mass is 10.0. The predicted octanol–water partition coefficient (Wildman–Crippen LogP) is 1.10. The van der Waals surface area contributed by atoms with E-state index < -0.39 is 10.0 Å². The maximum atomic E-state index is 11.8. The Morgan fingerprint density at radius 3 is 2.41 bits per heavy atom. The van der Waals surface area contributed by atoms with E-state index in [0.29, 0.717) is 18.2 Å². The first-order valence-electron chi connectivity index (χ1n) is 6.84. The molecule has 4 nitrogen and oxygen atoms in total. The van der Waals surface area contributed by atoms with E-state index in [0.717, 1.165) is 38.3 Å². The van der Waals surface area contributed by atoms with Crippen LogP contribution >= 0.6 is 0 Å². The van der Waals surface area contributed by atoms with Gasteiger partial charge in [0.2, 0.25) is 10.0 Å². The second-order valence-electron chi connectivity index (χ2n) is 5.45. The molecule has 0 radical (unpaired) electrons. The number of rotatable bonds is 7. The minimum absolute atomic E-state index is 0.318. The lowest BCUT2D eigenvalue weighted by Crippen LogP contribution is -2.35. The van der Waals surface area contributed by atoms with Crippen LogP contribution < -0.4 is 10.0 Å². The van der Waals surface area contributed by atoms with Crippen LogP contribution in [0.1, 0.15) is 38.5 Å². The Kier molecular flexibility index (Phi) is 4.82. The standard InChI is InChI=1S/C12H24N2O2S/c15-17(16,10-12-5-8-13-9-6-12)14-7-1-2-11-3-4-11/h11-14H,1-10H2. The third kappa shape index (κ3) is 5.36. The van der Waals surface area contributed by atoms with Crippen LogP contribution in [0.25, 0.3) is 0 Å². The van der Waals surface area contributed by atoms with Crippen molar-refractivity contribution in [3.8, 4) is 0 Å². The second-order valence-corrected chi connectivity index (χ2v) is 7.31. The zero-order chi connectivity index (χ0) is 12.1. The molecule has 1 heterocycles. The predicted molar refractivity (Wildman–Crippen MR) is 69.3 cm³/mol. The van der Waals surface area contributed by atoms with Gasteiger partial charge in [0.1, 0.15) is 0 Å². The van der Waals surface area contributed by atoms with E-state index >= 15 is 0 Å². The zero-order valence-electron chi connectivity index (χ0n) is 10.5. The van der Waals surface area contributed by atoms with Gasteiger partial charge in [0, 0.05) is 6.54 Å². The molecule has 0 amide bonds. The van der Waals surface area contributed by atoms with Crippen LogP contribution in [-0.2, 0) is 10.0 Å². The second kappa shape index (κ2) is 6.16. The zero-order valence-corrected chi connectivity index (χ0v) is 11.3. The number of piperidine rings is 1. The summed E-state index contributed by atoms with van der Waals surface area (Å²) >= 11 is 0. The van der Waals surface area contributed by atoms with Gasteiger partial charge in [-0.3, -0.25) is 0 Å². The molecule has 0 unspecified atom stereocenters. The van der Waals surface area contributed by atoms with Crippen molar-refractivity contribution in [1.82, 2.24) is 10.0 Å². The SMILES string of the molecule is O=S(=O)(CC1CCNCC1)NCCCC1CC1. The minimum atomic E-state index is -3.04. The molecule has 2 fully saturated rings. The summed E-state index contributed by atoms with van der Waals surface area (Å²) in [7, 11) is -3.04. The molecule has 2 N–H and O–H groups in total. The maximum absolute atomic E-state index is 11.8.